The molecule has 1 unspecified atom stereocenters. The zero-order valence-corrected chi connectivity index (χ0v) is 8.45. The average Bonchev–Trinajstić information content (AvgIpc) is 2.61. The number of oxazole rings is 1. The van der Waals surface area contributed by atoms with E-state index in [1.807, 2.05) is 38.1 Å². The molecule has 0 radical (unpaired) electrons. The van der Waals surface area contributed by atoms with Crippen molar-refractivity contribution in [2.24, 2.45) is 5.73 Å². The van der Waals surface area contributed by atoms with Crippen molar-refractivity contribution in [2.75, 3.05) is 0 Å². The Balaban J connectivity index is 2.55. The van der Waals surface area contributed by atoms with Crippen LogP contribution in [0.2, 0.25) is 0 Å². The lowest BCUT2D eigenvalue weighted by Crippen LogP contribution is -2.32. The quantitative estimate of drug-likeness (QED) is 0.791. The molecular weight excluding hydrogens is 176 g/mol. The molecule has 0 fully saturated rings. The maximum absolute atomic E-state index is 6.04. The second-order valence-electron chi connectivity index (χ2n) is 3.76. The number of para-hydroxylation sites is 2. The van der Waals surface area contributed by atoms with Gasteiger partial charge in [-0.3, -0.25) is 0 Å². The number of fused-ring (bicyclic) bond motifs is 1. The number of rotatable bonds is 2. The molecule has 0 saturated heterocycles. The Morgan fingerprint density at radius 3 is 2.79 bits per heavy atom. The molecule has 0 aliphatic carbocycles. The van der Waals surface area contributed by atoms with E-state index in [-0.39, 0.29) is 0 Å². The summed E-state index contributed by atoms with van der Waals surface area (Å²) in [5, 5.41) is 0. The van der Waals surface area contributed by atoms with Crippen LogP contribution in [-0.4, -0.2) is 4.98 Å². The second-order valence-corrected chi connectivity index (χ2v) is 3.76. The van der Waals surface area contributed by atoms with Crippen LogP contribution >= 0.6 is 0 Å². The first-order valence-corrected chi connectivity index (χ1v) is 4.78. The molecular formula is C11H14N2O. The highest BCUT2D eigenvalue weighted by Gasteiger charge is 2.24. The molecule has 0 aliphatic heterocycles. The molecule has 14 heavy (non-hydrogen) atoms. The third kappa shape index (κ3) is 1.40. The van der Waals surface area contributed by atoms with Crippen LogP contribution in [0, 0.1) is 0 Å². The number of aromatic nitrogens is 1. The predicted molar refractivity (Wildman–Crippen MR) is 55.8 cm³/mol. The summed E-state index contributed by atoms with van der Waals surface area (Å²) in [6.07, 6.45) is 0.805. The molecule has 1 aromatic heterocycles. The topological polar surface area (TPSA) is 52.0 Å². The van der Waals surface area contributed by atoms with Gasteiger partial charge in [-0.1, -0.05) is 19.1 Å². The van der Waals surface area contributed by atoms with Crippen molar-refractivity contribution in [1.29, 1.82) is 0 Å². The number of hydrogen-bond donors (Lipinski definition) is 1. The van der Waals surface area contributed by atoms with Crippen molar-refractivity contribution in [2.45, 2.75) is 25.8 Å². The van der Waals surface area contributed by atoms with E-state index in [1.54, 1.807) is 0 Å². The molecule has 3 nitrogen and oxygen atoms in total. The summed E-state index contributed by atoms with van der Waals surface area (Å²) < 4.78 is 5.59. The molecule has 2 rings (SSSR count). The third-order valence-electron chi connectivity index (χ3n) is 2.52. The van der Waals surface area contributed by atoms with Crippen molar-refractivity contribution in [3.63, 3.8) is 0 Å². The van der Waals surface area contributed by atoms with E-state index >= 15 is 0 Å². The molecule has 0 saturated carbocycles. The first-order valence-electron chi connectivity index (χ1n) is 4.78. The Bertz CT molecular complexity index is 412. The van der Waals surface area contributed by atoms with Crippen LogP contribution < -0.4 is 5.73 Å². The van der Waals surface area contributed by atoms with Gasteiger partial charge in [-0.2, -0.15) is 0 Å². The minimum absolute atomic E-state index is 0.473. The summed E-state index contributed by atoms with van der Waals surface area (Å²) in [6.45, 7) is 3.95. The van der Waals surface area contributed by atoms with Gasteiger partial charge in [0.2, 0.25) is 5.89 Å². The van der Waals surface area contributed by atoms with Gasteiger partial charge in [-0.05, 0) is 25.5 Å². The van der Waals surface area contributed by atoms with Crippen molar-refractivity contribution >= 4 is 11.1 Å². The van der Waals surface area contributed by atoms with Gasteiger partial charge in [0.25, 0.3) is 0 Å². The average molecular weight is 190 g/mol. The summed E-state index contributed by atoms with van der Waals surface area (Å²) in [4.78, 5) is 4.36. The summed E-state index contributed by atoms with van der Waals surface area (Å²) in [7, 11) is 0. The molecule has 1 heterocycles. The lowest BCUT2D eigenvalue weighted by molar-refractivity contribution is 0.356. The van der Waals surface area contributed by atoms with Crippen LogP contribution in [0.15, 0.2) is 28.7 Å². The first-order chi connectivity index (χ1) is 6.63. The van der Waals surface area contributed by atoms with Gasteiger partial charge in [-0.15, -0.1) is 0 Å². The van der Waals surface area contributed by atoms with Gasteiger partial charge in [0, 0.05) is 0 Å². The van der Waals surface area contributed by atoms with Gasteiger partial charge in [0.05, 0.1) is 5.54 Å². The second kappa shape index (κ2) is 3.10. The minimum atomic E-state index is -0.473. The summed E-state index contributed by atoms with van der Waals surface area (Å²) in [5.41, 5.74) is 7.24. The monoisotopic (exact) mass is 190 g/mol. The molecule has 0 amide bonds. The zero-order valence-electron chi connectivity index (χ0n) is 8.45. The molecule has 1 atom stereocenters. The predicted octanol–water partition coefficient (Wildman–Crippen LogP) is 2.41. The Morgan fingerprint density at radius 1 is 1.43 bits per heavy atom. The molecule has 2 N–H and O–H groups in total. The van der Waals surface area contributed by atoms with Gasteiger partial charge in [0.1, 0.15) is 5.52 Å². The van der Waals surface area contributed by atoms with Crippen molar-refractivity contribution < 1.29 is 4.42 Å². The molecule has 2 aromatic rings. The van der Waals surface area contributed by atoms with E-state index < -0.39 is 5.54 Å². The van der Waals surface area contributed by atoms with E-state index in [4.69, 9.17) is 10.2 Å². The van der Waals surface area contributed by atoms with Gasteiger partial charge >= 0.3 is 0 Å². The third-order valence-corrected chi connectivity index (χ3v) is 2.52. The Morgan fingerprint density at radius 2 is 2.14 bits per heavy atom. The fourth-order valence-electron chi connectivity index (χ4n) is 1.27. The number of benzene rings is 1. The lowest BCUT2D eigenvalue weighted by Gasteiger charge is -2.17. The van der Waals surface area contributed by atoms with Gasteiger partial charge < -0.3 is 10.2 Å². The molecule has 74 valence electrons. The molecule has 0 bridgehead atoms. The van der Waals surface area contributed by atoms with Crippen LogP contribution in [0.1, 0.15) is 26.2 Å². The molecule has 3 heteroatoms. The lowest BCUT2D eigenvalue weighted by atomic mass is 10.0. The van der Waals surface area contributed by atoms with E-state index in [0.717, 1.165) is 17.5 Å². The summed E-state index contributed by atoms with van der Waals surface area (Å²) in [5.74, 6) is 0.612. The first kappa shape index (κ1) is 9.21. The standard InChI is InChI=1S/C11H14N2O/c1-3-11(2,12)10-13-8-6-4-5-7-9(8)14-10/h4-7H,3,12H2,1-2H3. The SMILES string of the molecule is CCC(C)(N)c1nc2ccccc2o1. The van der Waals surface area contributed by atoms with Crippen LogP contribution in [0.4, 0.5) is 0 Å². The van der Waals surface area contributed by atoms with Crippen LogP contribution in [0.5, 0.6) is 0 Å². The van der Waals surface area contributed by atoms with E-state index in [0.29, 0.717) is 5.89 Å². The van der Waals surface area contributed by atoms with Crippen LogP contribution in [0.25, 0.3) is 11.1 Å². The Labute approximate surface area is 82.9 Å². The normalized spacial score (nSPS) is 15.6. The Kier molecular flexibility index (Phi) is 2.04. The minimum Gasteiger partial charge on any atom is -0.439 e. The van der Waals surface area contributed by atoms with Crippen molar-refractivity contribution in [3.05, 3.63) is 30.2 Å². The molecule has 0 aliphatic rings. The highest BCUT2D eigenvalue weighted by atomic mass is 16.3. The van der Waals surface area contributed by atoms with Crippen LogP contribution in [0.3, 0.4) is 0 Å². The maximum atomic E-state index is 6.04. The van der Waals surface area contributed by atoms with E-state index in [2.05, 4.69) is 4.98 Å². The fourth-order valence-corrected chi connectivity index (χ4v) is 1.27. The highest BCUT2D eigenvalue weighted by molar-refractivity contribution is 5.72. The van der Waals surface area contributed by atoms with Crippen molar-refractivity contribution in [3.8, 4) is 0 Å². The maximum Gasteiger partial charge on any atom is 0.215 e. The fraction of sp³-hybridized carbons (Fsp3) is 0.364. The highest BCUT2D eigenvalue weighted by Crippen LogP contribution is 2.24. The molecule has 1 aromatic carbocycles. The summed E-state index contributed by atoms with van der Waals surface area (Å²) in [6, 6.07) is 7.69. The largest absolute Gasteiger partial charge is 0.439 e. The zero-order chi connectivity index (χ0) is 10.2. The summed E-state index contributed by atoms with van der Waals surface area (Å²) >= 11 is 0. The molecule has 0 spiro atoms. The van der Waals surface area contributed by atoms with Gasteiger partial charge in [-0.25, -0.2) is 4.98 Å². The number of hydrogen-bond acceptors (Lipinski definition) is 3. The Hall–Kier alpha value is -1.35. The number of nitrogens with zero attached hydrogens (tertiary/aromatic N) is 1. The van der Waals surface area contributed by atoms with Gasteiger partial charge in [0.15, 0.2) is 5.58 Å². The van der Waals surface area contributed by atoms with E-state index in [1.165, 1.54) is 0 Å². The number of nitrogens with two attached hydrogens (primary N) is 1. The smallest absolute Gasteiger partial charge is 0.215 e. The van der Waals surface area contributed by atoms with E-state index in [9.17, 15) is 0 Å². The van der Waals surface area contributed by atoms with Crippen molar-refractivity contribution in [1.82, 2.24) is 4.98 Å². The van der Waals surface area contributed by atoms with Crippen LogP contribution in [-0.2, 0) is 5.54 Å².